The quantitative estimate of drug-likeness (QED) is 0.0942. The smallest absolute Gasteiger partial charge is 0.383 e. The summed E-state index contributed by atoms with van der Waals surface area (Å²) in [5.74, 6) is -4.66. The standard InChI is InChI=1S/C41H40F5N3O3S/c1-27-6-15-36-34(22-27)37(50)23-39(53-26-31-4-3-5-35(42)40(31)43)49(36)25-38(51)48(33-16-18-47(19-17-33)20-21-52-2)24-28-7-9-29(10-8-28)30-11-13-32(14-12-30)41(44,45)46/h3-15,22-23,33H,16-21,24-26H2,1-2H3/i6D,15D,20D2,22D,23D,24D2,25D2. The summed E-state index contributed by atoms with van der Waals surface area (Å²) in [4.78, 5) is 31.2. The maximum Gasteiger partial charge on any atom is 0.416 e. The Hall–Kier alpha value is -4.52. The van der Waals surface area contributed by atoms with Gasteiger partial charge in [0.15, 0.2) is 17.1 Å². The number of hydrogen-bond acceptors (Lipinski definition) is 5. The van der Waals surface area contributed by atoms with Crippen LogP contribution in [0.25, 0.3) is 22.0 Å². The van der Waals surface area contributed by atoms with Crippen molar-refractivity contribution in [3.05, 3.63) is 135 Å². The fourth-order valence-electron chi connectivity index (χ4n) is 5.78. The molecule has 0 bridgehead atoms. The van der Waals surface area contributed by atoms with Crippen molar-refractivity contribution in [2.75, 3.05) is 33.3 Å². The molecule has 278 valence electrons. The van der Waals surface area contributed by atoms with Gasteiger partial charge in [0.05, 0.1) is 33.7 Å². The van der Waals surface area contributed by atoms with Gasteiger partial charge >= 0.3 is 6.18 Å². The molecule has 12 heteroatoms. The summed E-state index contributed by atoms with van der Waals surface area (Å²) in [7, 11) is 1.31. The van der Waals surface area contributed by atoms with Gasteiger partial charge in [0, 0.05) is 64.7 Å². The molecule has 0 radical (unpaired) electrons. The van der Waals surface area contributed by atoms with Crippen LogP contribution in [0.4, 0.5) is 22.0 Å². The molecule has 6 nitrogen and oxygen atoms in total. The predicted octanol–water partition coefficient (Wildman–Crippen LogP) is 8.71. The molecule has 6 rings (SSSR count). The Balaban J connectivity index is 1.52. The van der Waals surface area contributed by atoms with Gasteiger partial charge < -0.3 is 19.1 Å². The van der Waals surface area contributed by atoms with Crippen molar-refractivity contribution >= 4 is 28.6 Å². The third-order valence-electron chi connectivity index (χ3n) is 8.56. The summed E-state index contributed by atoms with van der Waals surface area (Å²) in [6.45, 7) is -7.64. The highest BCUT2D eigenvalue weighted by Crippen LogP contribution is 2.32. The molecule has 1 fully saturated rings. The van der Waals surface area contributed by atoms with Gasteiger partial charge in [-0.1, -0.05) is 60.1 Å². The number of piperidine rings is 1. The molecule has 1 amide bonds. The first-order valence-electron chi connectivity index (χ1n) is 21.4. The minimum Gasteiger partial charge on any atom is -0.383 e. The Kier molecular flexibility index (Phi) is 8.52. The van der Waals surface area contributed by atoms with Gasteiger partial charge in [-0.05, 0) is 66.7 Å². The molecule has 0 saturated carbocycles. The van der Waals surface area contributed by atoms with Gasteiger partial charge in [-0.25, -0.2) is 8.78 Å². The van der Waals surface area contributed by atoms with E-state index < -0.39 is 106 Å². The number of ether oxygens (including phenoxy) is 1. The first-order chi connectivity index (χ1) is 29.4. The van der Waals surface area contributed by atoms with Gasteiger partial charge in [-0.3, -0.25) is 9.59 Å². The number of aromatic nitrogens is 1. The monoisotopic (exact) mass is 759 g/mol. The highest BCUT2D eigenvalue weighted by molar-refractivity contribution is 7.98. The van der Waals surface area contributed by atoms with Crippen LogP contribution in [0, 0.1) is 18.6 Å². The molecule has 1 aliphatic rings. The summed E-state index contributed by atoms with van der Waals surface area (Å²) in [5.41, 5.74) is -2.73. The zero-order valence-corrected chi connectivity index (χ0v) is 29.4. The molecule has 1 saturated heterocycles. The Morgan fingerprint density at radius 3 is 2.34 bits per heavy atom. The van der Waals surface area contributed by atoms with E-state index in [-0.39, 0.29) is 49.2 Å². The summed E-state index contributed by atoms with van der Waals surface area (Å²) in [6, 6.07) is 8.59. The predicted molar refractivity (Wildman–Crippen MR) is 198 cm³/mol. The van der Waals surface area contributed by atoms with Crippen molar-refractivity contribution in [2.24, 2.45) is 0 Å². The van der Waals surface area contributed by atoms with E-state index in [0.29, 0.717) is 32.4 Å². The number of methoxy groups -OCH3 is 1. The Morgan fingerprint density at radius 2 is 1.68 bits per heavy atom. The highest BCUT2D eigenvalue weighted by Gasteiger charge is 2.31. The second-order valence-corrected chi connectivity index (χ2v) is 13.1. The molecule has 0 spiro atoms. The molecule has 1 aromatic heterocycles. The summed E-state index contributed by atoms with van der Waals surface area (Å²) in [5, 5.41) is -1.35. The van der Waals surface area contributed by atoms with Crippen LogP contribution >= 0.6 is 11.8 Å². The van der Waals surface area contributed by atoms with Crippen LogP contribution in [-0.2, 0) is 34.5 Å². The lowest BCUT2D eigenvalue weighted by Gasteiger charge is -2.39. The van der Waals surface area contributed by atoms with E-state index in [0.717, 1.165) is 18.2 Å². The van der Waals surface area contributed by atoms with Gasteiger partial charge in [0.2, 0.25) is 5.91 Å². The number of halogens is 5. The Morgan fingerprint density at radius 1 is 1.00 bits per heavy atom. The van der Waals surface area contributed by atoms with Gasteiger partial charge in [0.1, 0.15) is 6.50 Å². The van der Waals surface area contributed by atoms with E-state index in [1.54, 1.807) is 0 Å². The van der Waals surface area contributed by atoms with Crippen molar-refractivity contribution < 1.29 is 45.2 Å². The third-order valence-corrected chi connectivity index (χ3v) is 9.57. The maximum absolute atomic E-state index is 15.3. The lowest BCUT2D eigenvalue weighted by Crippen LogP contribution is -2.48. The van der Waals surface area contributed by atoms with Crippen LogP contribution in [0.15, 0.2) is 101 Å². The molecular formula is C41H40F5N3O3S. The van der Waals surface area contributed by atoms with Crippen molar-refractivity contribution in [3.63, 3.8) is 0 Å². The molecule has 0 aliphatic carbocycles. The van der Waals surface area contributed by atoms with Crippen LogP contribution in [0.2, 0.25) is 0 Å². The van der Waals surface area contributed by atoms with Crippen LogP contribution in [0.5, 0.6) is 0 Å². The number of hydrogen-bond donors (Lipinski definition) is 0. The normalized spacial score (nSPS) is 17.7. The SMILES string of the molecule is [2H]c1c(C)c([2H])c2c(=O)c([2H])c(SCc3cccc(F)c3F)n(C([2H])([2H])C(=O)N(C3CCN(C([2H])([2H])COC)CC3)C([2H])([2H])c3ccc(-c4ccc(C(F)(F)F)cc4)cc3)c2c1[2H]. The van der Waals surface area contributed by atoms with Crippen molar-refractivity contribution in [1.29, 1.82) is 0 Å². The van der Waals surface area contributed by atoms with Gasteiger partial charge in [-0.2, -0.15) is 13.2 Å². The minimum absolute atomic E-state index is 0.0601. The molecule has 1 aliphatic heterocycles. The van der Waals surface area contributed by atoms with Crippen LogP contribution < -0.4 is 5.43 Å². The molecule has 4 aromatic carbocycles. The highest BCUT2D eigenvalue weighted by atomic mass is 32.2. The van der Waals surface area contributed by atoms with Crippen LogP contribution in [0.3, 0.4) is 0 Å². The average Bonchev–Trinajstić information content (AvgIpc) is 3.23. The number of benzene rings is 4. The Bertz CT molecular complexity index is 2610. The molecule has 0 unspecified atom stereocenters. The number of fused-ring (bicyclic) bond motifs is 1. The molecule has 0 N–H and O–H groups in total. The van der Waals surface area contributed by atoms with Crippen molar-refractivity contribution in [1.82, 2.24) is 14.4 Å². The lowest BCUT2D eigenvalue weighted by atomic mass is 10.00. The number of thioether (sulfide) groups is 1. The van der Waals surface area contributed by atoms with E-state index >= 15 is 4.79 Å². The van der Waals surface area contributed by atoms with Crippen LogP contribution in [0.1, 0.15) is 48.8 Å². The zero-order chi connectivity index (χ0) is 46.6. The lowest BCUT2D eigenvalue weighted by molar-refractivity contribution is -0.137. The molecule has 53 heavy (non-hydrogen) atoms. The zero-order valence-electron chi connectivity index (χ0n) is 38.5. The summed E-state index contributed by atoms with van der Waals surface area (Å²) < 4.78 is 165. The van der Waals surface area contributed by atoms with Gasteiger partial charge in [-0.15, -0.1) is 11.8 Å². The number of pyridine rings is 1. The number of rotatable bonds is 12. The average molecular weight is 760 g/mol. The van der Waals surface area contributed by atoms with Crippen LogP contribution in [-0.4, -0.2) is 59.6 Å². The van der Waals surface area contributed by atoms with Crippen molar-refractivity contribution in [3.8, 4) is 11.1 Å². The molecular weight excluding hydrogens is 710 g/mol. The topological polar surface area (TPSA) is 54.8 Å². The second kappa shape index (κ2) is 16.7. The first-order valence-corrected chi connectivity index (χ1v) is 17.4. The number of carbonyl (C=O) groups excluding carboxylic acids is 1. The first kappa shape index (κ1) is 27.1. The number of nitrogens with zero attached hydrogens (tertiary/aromatic N) is 3. The fourth-order valence-corrected chi connectivity index (χ4v) is 6.73. The molecule has 2 heterocycles. The van der Waals surface area contributed by atoms with E-state index in [9.17, 15) is 32.2 Å². The van der Waals surface area contributed by atoms with E-state index in [4.69, 9.17) is 13.0 Å². The van der Waals surface area contributed by atoms with E-state index in [1.807, 2.05) is 0 Å². The maximum atomic E-state index is 15.3. The number of amides is 1. The molecule has 0 atom stereocenters. The van der Waals surface area contributed by atoms with Crippen molar-refractivity contribution in [2.45, 2.75) is 55.8 Å². The number of alkyl halides is 3. The van der Waals surface area contributed by atoms with Gasteiger partial charge in [0.25, 0.3) is 0 Å². The second-order valence-electron chi connectivity index (χ2n) is 12.2. The summed E-state index contributed by atoms with van der Waals surface area (Å²) in [6.07, 6.45) is -4.81. The fraction of sp³-hybridized carbons (Fsp3) is 0.317. The minimum atomic E-state index is -4.58. The third kappa shape index (κ3) is 9.17. The number of carbonyl (C=O) groups is 1. The Labute approximate surface area is 323 Å². The van der Waals surface area contributed by atoms with E-state index in [1.165, 1.54) is 67.5 Å². The number of likely N-dealkylation sites (tertiary alicyclic amines) is 1. The summed E-state index contributed by atoms with van der Waals surface area (Å²) >= 11 is 0.444. The van der Waals surface area contributed by atoms with E-state index in [2.05, 4.69) is 0 Å². The molecule has 5 aromatic rings. The largest absolute Gasteiger partial charge is 0.416 e.